The van der Waals surface area contributed by atoms with Crippen LogP contribution in [0.5, 0.6) is 0 Å². The Kier molecular flexibility index (Phi) is 11.3. The molecular formula is C37H27Cl2N3O5S. The summed E-state index contributed by atoms with van der Waals surface area (Å²) in [5, 5.41) is 17.5. The first kappa shape index (κ1) is 34.0. The Morgan fingerprint density at radius 3 is 1.92 bits per heavy atom. The van der Waals surface area contributed by atoms with E-state index in [4.69, 9.17) is 23.2 Å². The zero-order valence-electron chi connectivity index (χ0n) is 25.0. The first-order valence-corrected chi connectivity index (χ1v) is 16.1. The minimum Gasteiger partial charge on any atom is -0.478 e. The van der Waals surface area contributed by atoms with E-state index in [2.05, 4.69) is 16.0 Å². The fourth-order valence-corrected chi connectivity index (χ4v) is 6.06. The number of carboxylic acids is 1. The van der Waals surface area contributed by atoms with Crippen LogP contribution in [0.25, 0.3) is 6.08 Å². The Morgan fingerprint density at radius 1 is 0.667 bits per heavy atom. The van der Waals surface area contributed by atoms with Gasteiger partial charge in [-0.3, -0.25) is 14.4 Å². The quantitative estimate of drug-likeness (QED) is 0.0811. The van der Waals surface area contributed by atoms with Gasteiger partial charge in [0, 0.05) is 37.4 Å². The lowest BCUT2D eigenvalue weighted by atomic mass is 10.1. The molecule has 5 rings (SSSR count). The van der Waals surface area contributed by atoms with Crippen molar-refractivity contribution in [3.63, 3.8) is 0 Å². The van der Waals surface area contributed by atoms with Gasteiger partial charge >= 0.3 is 5.97 Å². The lowest BCUT2D eigenvalue weighted by molar-refractivity contribution is -0.116. The fourth-order valence-electron chi connectivity index (χ4n) is 4.53. The number of hydrogen-bond donors (Lipinski definition) is 4. The maximum atomic E-state index is 13.5. The molecule has 0 spiro atoms. The van der Waals surface area contributed by atoms with E-state index in [1.54, 1.807) is 84.9 Å². The van der Waals surface area contributed by atoms with Gasteiger partial charge in [-0.1, -0.05) is 83.9 Å². The Balaban J connectivity index is 1.35. The van der Waals surface area contributed by atoms with Gasteiger partial charge in [0.1, 0.15) is 10.9 Å². The van der Waals surface area contributed by atoms with Gasteiger partial charge in [0.2, 0.25) is 5.91 Å². The highest BCUT2D eigenvalue weighted by Crippen LogP contribution is 2.37. The zero-order chi connectivity index (χ0) is 34.0. The highest BCUT2D eigenvalue weighted by atomic mass is 35.5. The number of carboxylic acid groups (broad SMARTS) is 1. The van der Waals surface area contributed by atoms with E-state index in [1.807, 2.05) is 30.3 Å². The van der Waals surface area contributed by atoms with Crippen LogP contribution in [0.15, 0.2) is 138 Å². The largest absolute Gasteiger partial charge is 0.478 e. The second kappa shape index (κ2) is 16.0. The summed E-state index contributed by atoms with van der Waals surface area (Å²) in [6.45, 7) is 0. The lowest BCUT2D eigenvalue weighted by Gasteiger charge is -2.18. The van der Waals surface area contributed by atoms with Crippen LogP contribution in [0.3, 0.4) is 0 Å². The molecule has 1 unspecified atom stereocenters. The highest BCUT2D eigenvalue weighted by Gasteiger charge is 2.23. The topological polar surface area (TPSA) is 125 Å². The molecule has 4 N–H and O–H groups in total. The van der Waals surface area contributed by atoms with Crippen LogP contribution < -0.4 is 16.0 Å². The standard InChI is InChI=1S/C37H27Cl2N3O5S/c38-30-15-8-16-31(39)29(30)22-32(42-34(43)24-11-5-2-6-12-24)35(44)40-26-17-19-28(20-18-26)48-33(23-9-3-1-4-10-23)36(45)41-27-14-7-13-25(21-27)37(46)47/h1-22,33H,(H,40,44)(H,41,45)(H,42,43)(H,46,47)/b32-22-. The van der Waals surface area contributed by atoms with E-state index in [-0.39, 0.29) is 17.2 Å². The summed E-state index contributed by atoms with van der Waals surface area (Å²) in [5.74, 6) is -2.54. The van der Waals surface area contributed by atoms with Crippen LogP contribution >= 0.6 is 35.0 Å². The number of carbonyl (C=O) groups is 4. The monoisotopic (exact) mass is 695 g/mol. The Bertz CT molecular complexity index is 1970. The van der Waals surface area contributed by atoms with E-state index < -0.39 is 23.0 Å². The number of thioether (sulfide) groups is 1. The van der Waals surface area contributed by atoms with Crippen molar-refractivity contribution >= 4 is 76.1 Å². The summed E-state index contributed by atoms with van der Waals surface area (Å²) in [6.07, 6.45) is 1.42. The number of aromatic carboxylic acids is 1. The van der Waals surface area contributed by atoms with Crippen LogP contribution in [0.4, 0.5) is 11.4 Å². The molecule has 0 saturated heterocycles. The molecule has 0 heterocycles. The van der Waals surface area contributed by atoms with Gasteiger partial charge in [-0.2, -0.15) is 0 Å². The molecule has 0 saturated carbocycles. The average molecular weight is 697 g/mol. The molecule has 3 amide bonds. The summed E-state index contributed by atoms with van der Waals surface area (Å²) in [5.41, 5.74) is 2.24. The van der Waals surface area contributed by atoms with Gasteiger partial charge in [0.15, 0.2) is 0 Å². The molecule has 0 aliphatic carbocycles. The van der Waals surface area contributed by atoms with Crippen molar-refractivity contribution in [1.29, 1.82) is 0 Å². The predicted octanol–water partition coefficient (Wildman–Crippen LogP) is 8.57. The first-order valence-electron chi connectivity index (χ1n) is 14.5. The normalized spacial score (nSPS) is 11.7. The molecular weight excluding hydrogens is 669 g/mol. The van der Waals surface area contributed by atoms with E-state index in [0.717, 1.165) is 10.5 Å². The molecule has 0 bridgehead atoms. The summed E-state index contributed by atoms with van der Waals surface area (Å²) < 4.78 is 0. The number of amides is 3. The average Bonchev–Trinajstić information content (AvgIpc) is 3.09. The van der Waals surface area contributed by atoms with Crippen LogP contribution in [-0.2, 0) is 9.59 Å². The van der Waals surface area contributed by atoms with Gasteiger partial charge in [-0.25, -0.2) is 4.79 Å². The number of nitrogens with one attached hydrogen (secondary N) is 3. The van der Waals surface area contributed by atoms with E-state index in [1.165, 1.54) is 30.0 Å². The second-order valence-electron chi connectivity index (χ2n) is 10.3. The summed E-state index contributed by atoms with van der Waals surface area (Å²) in [6, 6.07) is 35.5. The number of halogens is 2. The number of rotatable bonds is 11. The minimum absolute atomic E-state index is 0.0574. The number of anilines is 2. The van der Waals surface area contributed by atoms with Crippen LogP contribution in [0.2, 0.25) is 10.0 Å². The van der Waals surface area contributed by atoms with Gasteiger partial charge in [-0.15, -0.1) is 11.8 Å². The van der Waals surface area contributed by atoms with Crippen molar-refractivity contribution in [2.24, 2.45) is 0 Å². The SMILES string of the molecule is O=C(Nc1ccc(SC(C(=O)Nc2cccc(C(=O)O)c2)c2ccccc2)cc1)/C(=C/c1c(Cl)cccc1Cl)NC(=O)c1ccccc1. The molecule has 0 radical (unpaired) electrons. The molecule has 11 heteroatoms. The van der Waals surface area contributed by atoms with Crippen molar-refractivity contribution in [3.05, 3.63) is 165 Å². The molecule has 48 heavy (non-hydrogen) atoms. The van der Waals surface area contributed by atoms with Crippen molar-refractivity contribution in [2.75, 3.05) is 10.6 Å². The third-order valence-electron chi connectivity index (χ3n) is 6.90. The predicted molar refractivity (Wildman–Crippen MR) is 190 cm³/mol. The van der Waals surface area contributed by atoms with E-state index in [0.29, 0.717) is 32.5 Å². The molecule has 0 aliphatic rings. The van der Waals surface area contributed by atoms with Gasteiger partial charge in [-0.05, 0) is 78.4 Å². The molecule has 0 fully saturated rings. The maximum absolute atomic E-state index is 13.5. The van der Waals surface area contributed by atoms with Gasteiger partial charge in [0.05, 0.1) is 5.56 Å². The molecule has 0 aliphatic heterocycles. The van der Waals surface area contributed by atoms with E-state index in [9.17, 15) is 24.3 Å². The van der Waals surface area contributed by atoms with Crippen molar-refractivity contribution in [3.8, 4) is 0 Å². The summed E-state index contributed by atoms with van der Waals surface area (Å²) >= 11 is 14.0. The molecule has 240 valence electrons. The van der Waals surface area contributed by atoms with E-state index >= 15 is 0 Å². The van der Waals surface area contributed by atoms with Crippen LogP contribution in [-0.4, -0.2) is 28.8 Å². The number of hydrogen-bond acceptors (Lipinski definition) is 5. The van der Waals surface area contributed by atoms with Gasteiger partial charge < -0.3 is 21.1 Å². The van der Waals surface area contributed by atoms with Crippen molar-refractivity contribution in [2.45, 2.75) is 10.1 Å². The molecule has 1 atom stereocenters. The minimum atomic E-state index is -1.10. The summed E-state index contributed by atoms with van der Waals surface area (Å²) in [4.78, 5) is 52.1. The lowest BCUT2D eigenvalue weighted by Crippen LogP contribution is -2.30. The first-order chi connectivity index (χ1) is 23.2. The second-order valence-corrected chi connectivity index (χ2v) is 12.3. The van der Waals surface area contributed by atoms with Crippen molar-refractivity contribution in [1.82, 2.24) is 5.32 Å². The number of benzene rings is 5. The maximum Gasteiger partial charge on any atom is 0.335 e. The molecule has 8 nitrogen and oxygen atoms in total. The Hall–Kier alpha value is -5.35. The summed E-state index contributed by atoms with van der Waals surface area (Å²) in [7, 11) is 0. The smallest absolute Gasteiger partial charge is 0.335 e. The highest BCUT2D eigenvalue weighted by molar-refractivity contribution is 8.00. The Morgan fingerprint density at radius 2 is 1.27 bits per heavy atom. The van der Waals surface area contributed by atoms with Crippen LogP contribution in [0.1, 0.15) is 37.1 Å². The molecule has 0 aromatic heterocycles. The zero-order valence-corrected chi connectivity index (χ0v) is 27.4. The van der Waals surface area contributed by atoms with Crippen LogP contribution in [0, 0.1) is 0 Å². The third-order valence-corrected chi connectivity index (χ3v) is 8.83. The van der Waals surface area contributed by atoms with Gasteiger partial charge in [0.25, 0.3) is 11.8 Å². The Labute approximate surface area is 290 Å². The molecule has 5 aromatic rings. The third kappa shape index (κ3) is 8.92. The van der Waals surface area contributed by atoms with Crippen molar-refractivity contribution < 1.29 is 24.3 Å². The number of carbonyl (C=O) groups excluding carboxylic acids is 3. The fraction of sp³-hybridized carbons (Fsp3) is 0.0270. The molecule has 5 aromatic carbocycles.